The molecule has 2 nitrogen and oxygen atoms in total. The Bertz CT molecular complexity index is 280. The summed E-state index contributed by atoms with van der Waals surface area (Å²) in [6.45, 7) is 0. The van der Waals surface area contributed by atoms with Gasteiger partial charge in [0.25, 0.3) is 0 Å². The third kappa shape index (κ3) is 0.692. The van der Waals surface area contributed by atoms with Crippen LogP contribution in [0.4, 0.5) is 0 Å². The molecule has 2 N–H and O–H groups in total. The van der Waals surface area contributed by atoms with Gasteiger partial charge in [0, 0.05) is 18.3 Å². The Morgan fingerprint density at radius 2 is 2.40 bits per heavy atom. The number of hydrogen-bond donors (Lipinski definition) is 1. The zero-order valence-electron chi connectivity index (χ0n) is 5.54. The van der Waals surface area contributed by atoms with E-state index in [4.69, 9.17) is 5.73 Å². The molecular formula is C8H8N2. The average molecular weight is 132 g/mol. The molecule has 0 aromatic rings. The van der Waals surface area contributed by atoms with Crippen molar-refractivity contribution in [2.45, 2.75) is 6.42 Å². The van der Waals surface area contributed by atoms with Gasteiger partial charge >= 0.3 is 0 Å². The molecule has 1 heterocycles. The van der Waals surface area contributed by atoms with Crippen LogP contribution in [0, 0.1) is 0 Å². The van der Waals surface area contributed by atoms with Gasteiger partial charge in [-0.2, -0.15) is 0 Å². The smallest absolute Gasteiger partial charge is 0.0666 e. The number of fused-ring (bicyclic) bond motifs is 1. The Morgan fingerprint density at radius 1 is 1.50 bits per heavy atom. The molecule has 10 heavy (non-hydrogen) atoms. The second-order valence-electron chi connectivity index (χ2n) is 2.45. The highest BCUT2D eigenvalue weighted by Crippen LogP contribution is 2.19. The highest BCUT2D eigenvalue weighted by Gasteiger charge is 2.11. The first-order chi connectivity index (χ1) is 4.86. The molecular weight excluding hydrogens is 124 g/mol. The van der Waals surface area contributed by atoms with E-state index in [1.165, 1.54) is 5.57 Å². The minimum Gasteiger partial charge on any atom is -0.401 e. The van der Waals surface area contributed by atoms with E-state index in [0.717, 1.165) is 17.8 Å². The van der Waals surface area contributed by atoms with Gasteiger partial charge in [0.15, 0.2) is 0 Å². The lowest BCUT2D eigenvalue weighted by Crippen LogP contribution is -2.07. The van der Waals surface area contributed by atoms with E-state index in [9.17, 15) is 0 Å². The highest BCUT2D eigenvalue weighted by molar-refractivity contribution is 6.12. The van der Waals surface area contributed by atoms with Crippen molar-refractivity contribution in [3.63, 3.8) is 0 Å². The fourth-order valence-corrected chi connectivity index (χ4v) is 1.14. The van der Waals surface area contributed by atoms with Gasteiger partial charge in [-0.05, 0) is 11.6 Å². The summed E-state index contributed by atoms with van der Waals surface area (Å²) in [4.78, 5) is 4.15. The van der Waals surface area contributed by atoms with E-state index in [0.29, 0.717) is 0 Å². The number of aliphatic imine (C=N–C) groups is 1. The molecule has 0 bridgehead atoms. The number of allylic oxidation sites excluding steroid dienone is 4. The lowest BCUT2D eigenvalue weighted by Gasteiger charge is -2.07. The molecule has 0 spiro atoms. The van der Waals surface area contributed by atoms with Crippen LogP contribution in [0.25, 0.3) is 0 Å². The van der Waals surface area contributed by atoms with Gasteiger partial charge in [-0.1, -0.05) is 12.2 Å². The predicted molar refractivity (Wildman–Crippen MR) is 41.5 cm³/mol. The average Bonchev–Trinajstić information content (AvgIpc) is 2.33. The first kappa shape index (κ1) is 5.47. The molecule has 0 aromatic carbocycles. The van der Waals surface area contributed by atoms with Crippen LogP contribution >= 0.6 is 0 Å². The third-order valence-corrected chi connectivity index (χ3v) is 1.64. The molecule has 0 saturated carbocycles. The normalized spacial score (nSPS) is 21.4. The van der Waals surface area contributed by atoms with E-state index < -0.39 is 0 Å². The number of nitrogens with two attached hydrogens (primary N) is 1. The minimum atomic E-state index is 0.846. The molecule has 2 aliphatic rings. The summed E-state index contributed by atoms with van der Waals surface area (Å²) >= 11 is 0. The van der Waals surface area contributed by atoms with Crippen molar-refractivity contribution >= 4 is 5.71 Å². The lowest BCUT2D eigenvalue weighted by atomic mass is 10.1. The quantitative estimate of drug-likeness (QED) is 0.527. The fourth-order valence-electron chi connectivity index (χ4n) is 1.14. The maximum absolute atomic E-state index is 5.58. The second kappa shape index (κ2) is 1.84. The summed E-state index contributed by atoms with van der Waals surface area (Å²) in [6, 6.07) is 0. The SMILES string of the molecule is NC1=CN=C2C=CC=C2C1. The van der Waals surface area contributed by atoms with Crippen LogP contribution in [0.5, 0.6) is 0 Å². The molecule has 0 amide bonds. The van der Waals surface area contributed by atoms with Gasteiger partial charge in [-0.15, -0.1) is 0 Å². The van der Waals surface area contributed by atoms with Crippen molar-refractivity contribution < 1.29 is 0 Å². The van der Waals surface area contributed by atoms with Gasteiger partial charge in [0.2, 0.25) is 0 Å². The second-order valence-corrected chi connectivity index (χ2v) is 2.45. The zero-order chi connectivity index (χ0) is 6.97. The molecule has 2 heteroatoms. The topological polar surface area (TPSA) is 38.4 Å². The molecule has 1 aliphatic carbocycles. The molecule has 2 rings (SSSR count). The van der Waals surface area contributed by atoms with Crippen molar-refractivity contribution in [2.24, 2.45) is 10.7 Å². The lowest BCUT2D eigenvalue weighted by molar-refractivity contribution is 1.09. The van der Waals surface area contributed by atoms with Crippen molar-refractivity contribution in [2.75, 3.05) is 0 Å². The number of nitrogens with zero attached hydrogens (tertiary/aromatic N) is 1. The largest absolute Gasteiger partial charge is 0.401 e. The first-order valence-electron chi connectivity index (χ1n) is 3.26. The number of hydrogen-bond acceptors (Lipinski definition) is 2. The van der Waals surface area contributed by atoms with Crippen molar-refractivity contribution in [3.05, 3.63) is 35.7 Å². The maximum Gasteiger partial charge on any atom is 0.0666 e. The van der Waals surface area contributed by atoms with Crippen LogP contribution in [-0.4, -0.2) is 5.71 Å². The van der Waals surface area contributed by atoms with Crippen LogP contribution in [0.3, 0.4) is 0 Å². The first-order valence-corrected chi connectivity index (χ1v) is 3.26. The summed E-state index contributed by atoms with van der Waals surface area (Å²) < 4.78 is 0. The van der Waals surface area contributed by atoms with Gasteiger partial charge in [0.05, 0.1) is 5.71 Å². The monoisotopic (exact) mass is 132 g/mol. The van der Waals surface area contributed by atoms with Gasteiger partial charge in [-0.25, -0.2) is 0 Å². The summed E-state index contributed by atoms with van der Waals surface area (Å²) in [5.41, 5.74) is 8.72. The summed E-state index contributed by atoms with van der Waals surface area (Å²) in [5, 5.41) is 0. The molecule has 0 atom stereocenters. The maximum atomic E-state index is 5.58. The van der Waals surface area contributed by atoms with E-state index in [-0.39, 0.29) is 0 Å². The number of rotatable bonds is 0. The van der Waals surface area contributed by atoms with Gasteiger partial charge in [-0.3, -0.25) is 4.99 Å². The van der Waals surface area contributed by atoms with Gasteiger partial charge in [0.1, 0.15) is 0 Å². The van der Waals surface area contributed by atoms with Crippen molar-refractivity contribution in [3.8, 4) is 0 Å². The van der Waals surface area contributed by atoms with Crippen LogP contribution in [0.15, 0.2) is 40.7 Å². The minimum absolute atomic E-state index is 0.846. The van der Waals surface area contributed by atoms with E-state index in [2.05, 4.69) is 11.1 Å². The molecule has 0 fully saturated rings. The Balaban J connectivity index is 2.42. The Kier molecular flexibility index (Phi) is 1.01. The molecule has 0 unspecified atom stereocenters. The predicted octanol–water partition coefficient (Wildman–Crippen LogP) is 1.13. The van der Waals surface area contributed by atoms with Crippen molar-refractivity contribution in [1.29, 1.82) is 0 Å². The molecule has 0 saturated heterocycles. The van der Waals surface area contributed by atoms with E-state index in [1.54, 1.807) is 6.20 Å². The Labute approximate surface area is 59.4 Å². The van der Waals surface area contributed by atoms with Crippen LogP contribution in [0.2, 0.25) is 0 Å². The van der Waals surface area contributed by atoms with E-state index in [1.807, 2.05) is 12.2 Å². The molecule has 1 aliphatic heterocycles. The summed E-state index contributed by atoms with van der Waals surface area (Å²) in [6.07, 6.45) is 8.63. The molecule has 0 radical (unpaired) electrons. The van der Waals surface area contributed by atoms with Crippen LogP contribution in [-0.2, 0) is 0 Å². The standard InChI is InChI=1S/C8H8N2/c9-7-4-6-2-1-3-8(6)10-5-7/h1-3,5H,4,9H2. The van der Waals surface area contributed by atoms with Gasteiger partial charge < -0.3 is 5.73 Å². The van der Waals surface area contributed by atoms with Crippen LogP contribution in [0.1, 0.15) is 6.42 Å². The molecule has 50 valence electrons. The Morgan fingerprint density at radius 3 is 3.30 bits per heavy atom. The van der Waals surface area contributed by atoms with Crippen LogP contribution < -0.4 is 5.73 Å². The third-order valence-electron chi connectivity index (χ3n) is 1.64. The molecule has 0 aromatic heterocycles. The summed E-state index contributed by atoms with van der Waals surface area (Å²) in [5.74, 6) is 0. The summed E-state index contributed by atoms with van der Waals surface area (Å²) in [7, 11) is 0. The zero-order valence-corrected chi connectivity index (χ0v) is 5.54. The van der Waals surface area contributed by atoms with Crippen molar-refractivity contribution in [1.82, 2.24) is 0 Å². The fraction of sp³-hybridized carbons (Fsp3) is 0.125. The Hall–Kier alpha value is -1.31. The highest BCUT2D eigenvalue weighted by atomic mass is 14.8. The van der Waals surface area contributed by atoms with E-state index >= 15 is 0 Å².